The Labute approximate surface area is 112 Å². The van der Waals surface area contributed by atoms with Crippen LogP contribution in [0.2, 0.25) is 0 Å². The van der Waals surface area contributed by atoms with Gasteiger partial charge in [0.05, 0.1) is 6.61 Å². The minimum atomic E-state index is 0.312. The Morgan fingerprint density at radius 1 is 1.11 bits per heavy atom. The molecule has 0 fully saturated rings. The summed E-state index contributed by atoms with van der Waals surface area (Å²) in [6.07, 6.45) is 0. The Morgan fingerprint density at radius 3 is 2.56 bits per heavy atom. The van der Waals surface area contributed by atoms with E-state index in [4.69, 9.17) is 4.74 Å². The Hall–Kier alpha value is -1.61. The molecule has 0 spiro atoms. The Bertz CT molecular complexity index is 494. The molecule has 2 aromatic rings. The Balaban J connectivity index is 1.93. The molecular weight excluding hydrogens is 244 g/mol. The maximum absolute atomic E-state index is 9.38. The van der Waals surface area contributed by atoms with Gasteiger partial charge in [-0.3, -0.25) is 0 Å². The van der Waals surface area contributed by atoms with Crippen molar-refractivity contribution in [1.82, 2.24) is 0 Å². The topological polar surface area (TPSA) is 29.5 Å². The van der Waals surface area contributed by atoms with Crippen LogP contribution in [0.25, 0.3) is 0 Å². The Morgan fingerprint density at radius 2 is 1.89 bits per heavy atom. The summed E-state index contributed by atoms with van der Waals surface area (Å²) >= 11 is 1.71. The first kappa shape index (κ1) is 12.8. The van der Waals surface area contributed by atoms with Crippen molar-refractivity contribution in [2.45, 2.75) is 17.6 Å². The summed E-state index contributed by atoms with van der Waals surface area (Å²) in [5, 5.41) is 9.38. The van der Waals surface area contributed by atoms with E-state index in [-0.39, 0.29) is 0 Å². The number of thioether (sulfide) groups is 1. The number of rotatable bonds is 5. The molecular formula is C15H16O2S. The molecule has 94 valence electrons. The van der Waals surface area contributed by atoms with E-state index in [1.54, 1.807) is 23.9 Å². The SMILES string of the molecule is CCOc1ccc(CSc2cccc(O)c2)cc1. The van der Waals surface area contributed by atoms with Gasteiger partial charge in [0, 0.05) is 10.6 Å². The lowest BCUT2D eigenvalue weighted by molar-refractivity contribution is 0.340. The number of hydrogen-bond donors (Lipinski definition) is 1. The largest absolute Gasteiger partial charge is 0.508 e. The number of phenols is 1. The van der Waals surface area contributed by atoms with Crippen LogP contribution < -0.4 is 4.74 Å². The number of aromatic hydroxyl groups is 1. The molecule has 2 rings (SSSR count). The standard InChI is InChI=1S/C15H16O2S/c1-2-17-14-8-6-12(7-9-14)11-18-15-5-3-4-13(16)10-15/h3-10,16H,2,11H2,1H3. The molecule has 0 aliphatic carbocycles. The summed E-state index contributed by atoms with van der Waals surface area (Å²) in [5.41, 5.74) is 1.24. The molecule has 0 unspecified atom stereocenters. The Kier molecular flexibility index (Phi) is 4.53. The van der Waals surface area contributed by atoms with Crippen LogP contribution in [0.15, 0.2) is 53.4 Å². The highest BCUT2D eigenvalue weighted by atomic mass is 32.2. The summed E-state index contributed by atoms with van der Waals surface area (Å²) in [6.45, 7) is 2.67. The van der Waals surface area contributed by atoms with Gasteiger partial charge in [0.2, 0.25) is 0 Å². The molecule has 0 aliphatic rings. The molecule has 3 heteroatoms. The fourth-order valence-corrected chi connectivity index (χ4v) is 2.49. The van der Waals surface area contributed by atoms with E-state index in [9.17, 15) is 5.11 Å². The van der Waals surface area contributed by atoms with Crippen molar-refractivity contribution < 1.29 is 9.84 Å². The van der Waals surface area contributed by atoms with Gasteiger partial charge in [0.25, 0.3) is 0 Å². The molecule has 0 radical (unpaired) electrons. The lowest BCUT2D eigenvalue weighted by Crippen LogP contribution is -1.91. The molecule has 0 atom stereocenters. The molecule has 2 nitrogen and oxygen atoms in total. The first-order valence-electron chi connectivity index (χ1n) is 5.91. The van der Waals surface area contributed by atoms with Crippen molar-refractivity contribution in [2.24, 2.45) is 0 Å². The van der Waals surface area contributed by atoms with Crippen molar-refractivity contribution in [3.63, 3.8) is 0 Å². The van der Waals surface area contributed by atoms with E-state index in [0.29, 0.717) is 12.4 Å². The van der Waals surface area contributed by atoms with Gasteiger partial charge >= 0.3 is 0 Å². The van der Waals surface area contributed by atoms with Gasteiger partial charge in [-0.1, -0.05) is 18.2 Å². The molecule has 0 aromatic heterocycles. The predicted octanol–water partition coefficient (Wildman–Crippen LogP) is 4.08. The van der Waals surface area contributed by atoms with E-state index in [1.165, 1.54) is 5.56 Å². The highest BCUT2D eigenvalue weighted by molar-refractivity contribution is 7.98. The van der Waals surface area contributed by atoms with Crippen LogP contribution in [-0.2, 0) is 5.75 Å². The summed E-state index contributed by atoms with van der Waals surface area (Å²) in [6, 6.07) is 15.4. The number of hydrogen-bond acceptors (Lipinski definition) is 3. The van der Waals surface area contributed by atoms with Crippen molar-refractivity contribution in [1.29, 1.82) is 0 Å². The molecule has 0 saturated carbocycles. The minimum absolute atomic E-state index is 0.312. The molecule has 18 heavy (non-hydrogen) atoms. The van der Waals surface area contributed by atoms with E-state index in [0.717, 1.165) is 16.4 Å². The molecule has 0 aliphatic heterocycles. The molecule has 0 bridgehead atoms. The van der Waals surface area contributed by atoms with Crippen LogP contribution >= 0.6 is 11.8 Å². The smallest absolute Gasteiger partial charge is 0.119 e. The second-order valence-electron chi connectivity index (χ2n) is 3.86. The van der Waals surface area contributed by atoms with Crippen LogP contribution in [0.4, 0.5) is 0 Å². The van der Waals surface area contributed by atoms with Gasteiger partial charge < -0.3 is 9.84 Å². The molecule has 1 N–H and O–H groups in total. The van der Waals surface area contributed by atoms with E-state index >= 15 is 0 Å². The fraction of sp³-hybridized carbons (Fsp3) is 0.200. The van der Waals surface area contributed by atoms with Crippen LogP contribution in [0, 0.1) is 0 Å². The van der Waals surface area contributed by atoms with Gasteiger partial charge in [-0.2, -0.15) is 0 Å². The third kappa shape index (κ3) is 3.70. The first-order valence-corrected chi connectivity index (χ1v) is 6.90. The van der Waals surface area contributed by atoms with Gasteiger partial charge in [-0.15, -0.1) is 11.8 Å². The maximum atomic E-state index is 9.38. The van der Waals surface area contributed by atoms with Crippen LogP contribution in [-0.4, -0.2) is 11.7 Å². The molecule has 0 saturated heterocycles. The zero-order valence-electron chi connectivity index (χ0n) is 10.3. The van der Waals surface area contributed by atoms with Crippen LogP contribution in [0.3, 0.4) is 0 Å². The van der Waals surface area contributed by atoms with Crippen molar-refractivity contribution in [3.05, 3.63) is 54.1 Å². The van der Waals surface area contributed by atoms with E-state index < -0.39 is 0 Å². The van der Waals surface area contributed by atoms with E-state index in [1.807, 2.05) is 31.2 Å². The number of phenolic OH excluding ortho intramolecular Hbond substituents is 1. The average Bonchev–Trinajstić information content (AvgIpc) is 2.38. The highest BCUT2D eigenvalue weighted by Gasteiger charge is 1.98. The first-order chi connectivity index (χ1) is 8.78. The van der Waals surface area contributed by atoms with Gasteiger partial charge in [-0.05, 0) is 42.8 Å². The average molecular weight is 260 g/mol. The summed E-state index contributed by atoms with van der Waals surface area (Å²) in [4.78, 5) is 1.07. The van der Waals surface area contributed by atoms with Crippen molar-refractivity contribution in [3.8, 4) is 11.5 Å². The molecule has 0 amide bonds. The lowest BCUT2D eigenvalue weighted by Gasteiger charge is -2.05. The number of ether oxygens (including phenoxy) is 1. The maximum Gasteiger partial charge on any atom is 0.119 e. The number of benzene rings is 2. The summed E-state index contributed by atoms with van der Waals surface area (Å²) in [5.74, 6) is 2.10. The fourth-order valence-electron chi connectivity index (χ4n) is 1.59. The lowest BCUT2D eigenvalue weighted by atomic mass is 10.2. The van der Waals surface area contributed by atoms with Gasteiger partial charge in [0.1, 0.15) is 11.5 Å². The predicted molar refractivity (Wildman–Crippen MR) is 75.3 cm³/mol. The minimum Gasteiger partial charge on any atom is -0.508 e. The monoisotopic (exact) mass is 260 g/mol. The quantitative estimate of drug-likeness (QED) is 0.821. The third-order valence-electron chi connectivity index (χ3n) is 2.46. The van der Waals surface area contributed by atoms with Crippen LogP contribution in [0.1, 0.15) is 12.5 Å². The summed E-state index contributed by atoms with van der Waals surface area (Å²) < 4.78 is 5.40. The van der Waals surface area contributed by atoms with Gasteiger partial charge in [-0.25, -0.2) is 0 Å². The van der Waals surface area contributed by atoms with Crippen molar-refractivity contribution in [2.75, 3.05) is 6.61 Å². The zero-order valence-corrected chi connectivity index (χ0v) is 11.1. The molecule has 2 aromatic carbocycles. The summed E-state index contributed by atoms with van der Waals surface area (Å²) in [7, 11) is 0. The van der Waals surface area contributed by atoms with Crippen molar-refractivity contribution >= 4 is 11.8 Å². The van der Waals surface area contributed by atoms with Gasteiger partial charge in [0.15, 0.2) is 0 Å². The second-order valence-corrected chi connectivity index (χ2v) is 4.91. The normalized spacial score (nSPS) is 10.3. The highest BCUT2D eigenvalue weighted by Crippen LogP contribution is 2.26. The zero-order chi connectivity index (χ0) is 12.8. The third-order valence-corrected chi connectivity index (χ3v) is 3.52. The van der Waals surface area contributed by atoms with Crippen LogP contribution in [0.5, 0.6) is 11.5 Å². The molecule has 0 heterocycles. The second kappa shape index (κ2) is 6.36. The van der Waals surface area contributed by atoms with E-state index in [2.05, 4.69) is 12.1 Å².